The Morgan fingerprint density at radius 3 is 3.12 bits per heavy atom. The van der Waals surface area contributed by atoms with Gasteiger partial charge in [-0.3, -0.25) is 0 Å². The molecule has 17 heavy (non-hydrogen) atoms. The van der Waals surface area contributed by atoms with Crippen LogP contribution in [0.25, 0.3) is 0 Å². The minimum absolute atomic E-state index is 0.210. The molecule has 0 amide bonds. The van der Waals surface area contributed by atoms with Crippen LogP contribution < -0.4 is 5.32 Å². The van der Waals surface area contributed by atoms with E-state index in [4.69, 9.17) is 0 Å². The molecular formula is C14H21NOS. The van der Waals surface area contributed by atoms with E-state index < -0.39 is 0 Å². The zero-order valence-corrected chi connectivity index (χ0v) is 11.2. The molecule has 1 aliphatic rings. The van der Waals surface area contributed by atoms with Crippen LogP contribution in [0.1, 0.15) is 37.8 Å². The molecule has 94 valence electrons. The first-order chi connectivity index (χ1) is 8.27. The molecule has 1 aromatic rings. The molecule has 0 radical (unpaired) electrons. The lowest BCUT2D eigenvalue weighted by Gasteiger charge is -2.19. The molecule has 0 fully saturated rings. The molecule has 1 heterocycles. The lowest BCUT2D eigenvalue weighted by Crippen LogP contribution is -2.24. The summed E-state index contributed by atoms with van der Waals surface area (Å²) in [4.78, 5) is 1.42. The van der Waals surface area contributed by atoms with E-state index in [1.807, 2.05) is 18.7 Å². The van der Waals surface area contributed by atoms with E-state index in [1.165, 1.54) is 29.1 Å². The summed E-state index contributed by atoms with van der Waals surface area (Å²) in [5.74, 6) is 1.21. The number of fused-ring (bicyclic) bond motifs is 1. The van der Waals surface area contributed by atoms with Gasteiger partial charge in [0.2, 0.25) is 0 Å². The van der Waals surface area contributed by atoms with Gasteiger partial charge in [0.05, 0.1) is 6.10 Å². The molecule has 0 saturated heterocycles. The summed E-state index contributed by atoms with van der Waals surface area (Å²) in [5, 5.41) is 12.9. The van der Waals surface area contributed by atoms with E-state index >= 15 is 0 Å². The van der Waals surface area contributed by atoms with Gasteiger partial charge >= 0.3 is 0 Å². The Morgan fingerprint density at radius 2 is 2.29 bits per heavy atom. The van der Waals surface area contributed by atoms with Gasteiger partial charge in [-0.15, -0.1) is 11.8 Å². The van der Waals surface area contributed by atoms with Crippen LogP contribution in [0.4, 0.5) is 0 Å². The second kappa shape index (κ2) is 6.43. The van der Waals surface area contributed by atoms with Crippen LogP contribution >= 0.6 is 11.8 Å². The van der Waals surface area contributed by atoms with E-state index in [1.54, 1.807) is 0 Å². The molecule has 0 aliphatic carbocycles. The smallest absolute Gasteiger partial charge is 0.0524 e. The van der Waals surface area contributed by atoms with Crippen molar-refractivity contribution in [1.29, 1.82) is 0 Å². The zero-order valence-electron chi connectivity index (χ0n) is 10.4. The maximum absolute atomic E-state index is 9.29. The summed E-state index contributed by atoms with van der Waals surface area (Å²) in [6.07, 6.45) is 3.07. The van der Waals surface area contributed by atoms with Crippen molar-refractivity contribution in [1.82, 2.24) is 5.32 Å². The van der Waals surface area contributed by atoms with Crippen LogP contribution in [0.2, 0.25) is 0 Å². The van der Waals surface area contributed by atoms with Gasteiger partial charge in [-0.1, -0.05) is 18.2 Å². The average Bonchev–Trinajstić information content (AvgIpc) is 2.52. The summed E-state index contributed by atoms with van der Waals surface area (Å²) in [5.41, 5.74) is 1.43. The molecule has 0 bridgehead atoms. The van der Waals surface area contributed by atoms with E-state index in [0.29, 0.717) is 6.04 Å². The van der Waals surface area contributed by atoms with Crippen molar-refractivity contribution >= 4 is 11.8 Å². The minimum Gasteiger partial charge on any atom is -0.393 e. The third-order valence-electron chi connectivity index (χ3n) is 3.14. The quantitative estimate of drug-likeness (QED) is 0.863. The normalized spacial score (nSPS) is 21.6. The van der Waals surface area contributed by atoms with Crippen LogP contribution in [-0.4, -0.2) is 23.5 Å². The molecule has 2 rings (SSSR count). The summed E-state index contributed by atoms with van der Waals surface area (Å²) in [6, 6.07) is 9.14. The first-order valence-corrected chi connectivity index (χ1v) is 7.39. The topological polar surface area (TPSA) is 32.3 Å². The monoisotopic (exact) mass is 251 g/mol. The number of thioether (sulfide) groups is 1. The fourth-order valence-electron chi connectivity index (χ4n) is 2.20. The van der Waals surface area contributed by atoms with Crippen molar-refractivity contribution < 1.29 is 5.11 Å². The molecule has 0 unspecified atom stereocenters. The Hall–Kier alpha value is -0.510. The number of benzene rings is 1. The van der Waals surface area contributed by atoms with Crippen molar-refractivity contribution in [3.8, 4) is 0 Å². The zero-order chi connectivity index (χ0) is 12.1. The minimum atomic E-state index is -0.210. The lowest BCUT2D eigenvalue weighted by atomic mass is 10.0. The Bertz CT molecular complexity index is 354. The number of aliphatic hydroxyl groups is 1. The molecule has 0 spiro atoms. The van der Waals surface area contributed by atoms with Crippen molar-refractivity contribution in [3.63, 3.8) is 0 Å². The standard InChI is InChI=1S/C14H21NOS/c1-11(16)8-9-15-13-6-4-10-17-14-7-3-2-5-12(13)14/h2-3,5,7,11,13,15-16H,4,6,8-10H2,1H3/t11-,13-/m0/s1. The number of rotatable bonds is 4. The van der Waals surface area contributed by atoms with Gasteiger partial charge in [0.25, 0.3) is 0 Å². The molecule has 1 aliphatic heterocycles. The highest BCUT2D eigenvalue weighted by molar-refractivity contribution is 7.99. The Labute approximate surface area is 108 Å². The van der Waals surface area contributed by atoms with E-state index in [9.17, 15) is 5.11 Å². The van der Waals surface area contributed by atoms with Crippen LogP contribution in [0, 0.1) is 0 Å². The Morgan fingerprint density at radius 1 is 1.47 bits per heavy atom. The number of aliphatic hydroxyl groups excluding tert-OH is 1. The number of hydrogen-bond donors (Lipinski definition) is 2. The third kappa shape index (κ3) is 3.73. The van der Waals surface area contributed by atoms with Gasteiger partial charge in [-0.05, 0) is 50.1 Å². The largest absolute Gasteiger partial charge is 0.393 e. The van der Waals surface area contributed by atoms with Crippen molar-refractivity contribution in [2.45, 2.75) is 43.2 Å². The fourth-order valence-corrected chi connectivity index (χ4v) is 3.29. The van der Waals surface area contributed by atoms with Gasteiger partial charge in [0.15, 0.2) is 0 Å². The van der Waals surface area contributed by atoms with E-state index in [0.717, 1.165) is 13.0 Å². The molecule has 2 nitrogen and oxygen atoms in total. The molecule has 2 atom stereocenters. The lowest BCUT2D eigenvalue weighted by molar-refractivity contribution is 0.182. The van der Waals surface area contributed by atoms with Gasteiger partial charge in [0.1, 0.15) is 0 Å². The molecule has 1 aromatic carbocycles. The molecule has 0 aromatic heterocycles. The predicted octanol–water partition coefficient (Wildman–Crippen LogP) is 2.97. The fraction of sp³-hybridized carbons (Fsp3) is 0.571. The summed E-state index contributed by atoms with van der Waals surface area (Å²) in [6.45, 7) is 2.74. The third-order valence-corrected chi connectivity index (χ3v) is 4.32. The summed E-state index contributed by atoms with van der Waals surface area (Å²) in [7, 11) is 0. The SMILES string of the molecule is C[C@H](O)CCN[C@H]1CCCSc2ccccc21. The molecule has 0 saturated carbocycles. The van der Waals surface area contributed by atoms with Crippen LogP contribution in [0.3, 0.4) is 0 Å². The van der Waals surface area contributed by atoms with Crippen molar-refractivity contribution in [2.75, 3.05) is 12.3 Å². The first kappa shape index (κ1) is 12.9. The second-order valence-corrected chi connectivity index (χ2v) is 5.81. The van der Waals surface area contributed by atoms with E-state index in [-0.39, 0.29) is 6.10 Å². The van der Waals surface area contributed by atoms with Gasteiger partial charge < -0.3 is 10.4 Å². The van der Waals surface area contributed by atoms with Gasteiger partial charge in [0, 0.05) is 10.9 Å². The van der Waals surface area contributed by atoms with Crippen LogP contribution in [0.15, 0.2) is 29.2 Å². The number of nitrogens with one attached hydrogen (secondary N) is 1. The Kier molecular flexibility index (Phi) is 4.89. The van der Waals surface area contributed by atoms with Gasteiger partial charge in [-0.2, -0.15) is 0 Å². The van der Waals surface area contributed by atoms with Crippen molar-refractivity contribution in [2.24, 2.45) is 0 Å². The first-order valence-electron chi connectivity index (χ1n) is 6.40. The summed E-state index contributed by atoms with van der Waals surface area (Å²) < 4.78 is 0. The average molecular weight is 251 g/mol. The second-order valence-electron chi connectivity index (χ2n) is 4.67. The van der Waals surface area contributed by atoms with Crippen molar-refractivity contribution in [3.05, 3.63) is 29.8 Å². The molecular weight excluding hydrogens is 230 g/mol. The number of hydrogen-bond acceptors (Lipinski definition) is 3. The molecule has 3 heteroatoms. The maximum atomic E-state index is 9.29. The van der Waals surface area contributed by atoms with Crippen LogP contribution in [0.5, 0.6) is 0 Å². The maximum Gasteiger partial charge on any atom is 0.0524 e. The highest BCUT2D eigenvalue weighted by Crippen LogP contribution is 2.34. The summed E-state index contributed by atoms with van der Waals surface area (Å²) >= 11 is 1.96. The Balaban J connectivity index is 2.01. The van der Waals surface area contributed by atoms with Gasteiger partial charge in [-0.25, -0.2) is 0 Å². The highest BCUT2D eigenvalue weighted by Gasteiger charge is 2.17. The molecule has 2 N–H and O–H groups in total. The van der Waals surface area contributed by atoms with Crippen LogP contribution in [-0.2, 0) is 0 Å². The predicted molar refractivity (Wildman–Crippen MR) is 73.4 cm³/mol. The highest BCUT2D eigenvalue weighted by atomic mass is 32.2. The van der Waals surface area contributed by atoms with E-state index in [2.05, 4.69) is 29.6 Å².